The third kappa shape index (κ3) is 2.94. The summed E-state index contributed by atoms with van der Waals surface area (Å²) < 4.78 is 13.7. The van der Waals surface area contributed by atoms with E-state index >= 15 is 0 Å². The van der Waals surface area contributed by atoms with Gasteiger partial charge in [-0.05, 0) is 35.0 Å². The third-order valence-corrected chi connectivity index (χ3v) is 2.67. The molecule has 92 valence electrons. The van der Waals surface area contributed by atoms with Gasteiger partial charge in [0.15, 0.2) is 5.82 Å². The zero-order chi connectivity index (χ0) is 13.2. The van der Waals surface area contributed by atoms with E-state index in [9.17, 15) is 14.0 Å². The van der Waals surface area contributed by atoms with Crippen LogP contribution in [0.5, 0.6) is 0 Å². The molecule has 5 nitrogen and oxygen atoms in total. The van der Waals surface area contributed by atoms with Gasteiger partial charge < -0.3 is 15.5 Å². The largest absolute Gasteiger partial charge is 0.480 e. The molecule has 0 aliphatic heterocycles. The van der Waals surface area contributed by atoms with Gasteiger partial charge in [0.05, 0.1) is 15.7 Å². The highest BCUT2D eigenvalue weighted by Gasteiger charge is 2.20. The number of carboxylic acid groups (broad SMARTS) is 2. The number of hydrogen-bond acceptors (Lipinski definition) is 3. The van der Waals surface area contributed by atoms with E-state index < -0.39 is 23.8 Å². The lowest BCUT2D eigenvalue weighted by molar-refractivity contribution is -0.137. The Morgan fingerprint density at radius 2 is 2.00 bits per heavy atom. The fourth-order valence-electron chi connectivity index (χ4n) is 1.15. The highest BCUT2D eigenvalue weighted by atomic mass is 79.9. The van der Waals surface area contributed by atoms with Crippen molar-refractivity contribution in [1.82, 2.24) is 0 Å². The molecule has 0 bridgehead atoms. The zero-order valence-corrected chi connectivity index (χ0v) is 10.3. The Morgan fingerprint density at radius 1 is 1.41 bits per heavy atom. The van der Waals surface area contributed by atoms with Crippen molar-refractivity contribution in [3.63, 3.8) is 0 Å². The molecule has 1 rings (SSSR count). The van der Waals surface area contributed by atoms with Crippen LogP contribution in [0, 0.1) is 5.82 Å². The van der Waals surface area contributed by atoms with Crippen molar-refractivity contribution < 1.29 is 24.2 Å². The molecule has 0 radical (unpaired) electrons. The molecule has 0 aliphatic rings. The molecule has 0 fully saturated rings. The van der Waals surface area contributed by atoms with Gasteiger partial charge in [-0.2, -0.15) is 0 Å². The summed E-state index contributed by atoms with van der Waals surface area (Å²) in [6.45, 7) is 1.29. The molecule has 7 heteroatoms. The number of carbonyl (C=O) groups is 2. The van der Waals surface area contributed by atoms with E-state index in [2.05, 4.69) is 21.2 Å². The molecule has 0 aliphatic carbocycles. The van der Waals surface area contributed by atoms with Crippen molar-refractivity contribution in [1.29, 1.82) is 0 Å². The standard InChI is InChI=1S/C10H9BrFNO4/c1-4(9(14)15)13-8-5(10(16)17)2-3-6(11)7(8)12/h2-4,13H,1H3,(H,14,15)(H,16,17). The number of aromatic carboxylic acids is 1. The Balaban J connectivity index is 3.23. The van der Waals surface area contributed by atoms with E-state index in [1.807, 2.05) is 0 Å². The van der Waals surface area contributed by atoms with Gasteiger partial charge in [-0.1, -0.05) is 0 Å². The maximum absolute atomic E-state index is 13.7. The molecule has 0 aromatic heterocycles. The Labute approximate surface area is 104 Å². The Hall–Kier alpha value is -1.63. The lowest BCUT2D eigenvalue weighted by atomic mass is 10.1. The van der Waals surface area contributed by atoms with Crippen LogP contribution in [0.15, 0.2) is 16.6 Å². The van der Waals surface area contributed by atoms with Crippen LogP contribution < -0.4 is 5.32 Å². The van der Waals surface area contributed by atoms with Crippen molar-refractivity contribution in [2.24, 2.45) is 0 Å². The second kappa shape index (κ2) is 5.13. The smallest absolute Gasteiger partial charge is 0.337 e. The number of aliphatic carboxylic acids is 1. The maximum atomic E-state index is 13.7. The van der Waals surface area contributed by atoms with E-state index in [-0.39, 0.29) is 15.7 Å². The van der Waals surface area contributed by atoms with Crippen molar-refractivity contribution in [2.45, 2.75) is 13.0 Å². The molecule has 0 saturated carbocycles. The van der Waals surface area contributed by atoms with E-state index in [1.54, 1.807) is 0 Å². The monoisotopic (exact) mass is 305 g/mol. The third-order valence-electron chi connectivity index (χ3n) is 2.06. The summed E-state index contributed by atoms with van der Waals surface area (Å²) in [4.78, 5) is 21.5. The summed E-state index contributed by atoms with van der Waals surface area (Å²) in [6, 6.07) is 1.33. The van der Waals surface area contributed by atoms with Crippen LogP contribution in [0.25, 0.3) is 0 Å². The molecule has 1 aromatic carbocycles. The van der Waals surface area contributed by atoms with Crippen molar-refractivity contribution in [3.8, 4) is 0 Å². The molecule has 1 atom stereocenters. The number of rotatable bonds is 4. The molecule has 3 N–H and O–H groups in total. The second-order valence-corrected chi connectivity index (χ2v) is 4.15. The fourth-order valence-corrected chi connectivity index (χ4v) is 1.48. The summed E-state index contributed by atoms with van der Waals surface area (Å²) in [5, 5.41) is 19.9. The van der Waals surface area contributed by atoms with Crippen molar-refractivity contribution in [2.75, 3.05) is 5.32 Å². The van der Waals surface area contributed by atoms with Gasteiger partial charge in [-0.15, -0.1) is 0 Å². The number of nitrogens with one attached hydrogen (secondary N) is 1. The van der Waals surface area contributed by atoms with Gasteiger partial charge in [-0.25, -0.2) is 9.18 Å². The van der Waals surface area contributed by atoms with E-state index in [0.29, 0.717) is 0 Å². The number of benzene rings is 1. The minimum absolute atomic E-state index is 0.0580. The maximum Gasteiger partial charge on any atom is 0.337 e. The Bertz CT molecular complexity index is 478. The first kappa shape index (κ1) is 13.4. The molecule has 1 aromatic rings. The number of anilines is 1. The summed E-state index contributed by atoms with van der Waals surface area (Å²) in [6.07, 6.45) is 0. The van der Waals surface area contributed by atoms with Crippen LogP contribution in [0.1, 0.15) is 17.3 Å². The van der Waals surface area contributed by atoms with Crippen LogP contribution in [0.3, 0.4) is 0 Å². The lowest BCUT2D eigenvalue weighted by Gasteiger charge is -2.14. The summed E-state index contributed by atoms with van der Waals surface area (Å²) in [5.74, 6) is -3.38. The Kier molecular flexibility index (Phi) is 4.06. The van der Waals surface area contributed by atoms with Gasteiger partial charge >= 0.3 is 11.9 Å². The summed E-state index contributed by atoms with van der Waals surface area (Å²) in [7, 11) is 0. The van der Waals surface area contributed by atoms with Gasteiger partial charge in [0.25, 0.3) is 0 Å². The Morgan fingerprint density at radius 3 is 2.47 bits per heavy atom. The first-order chi connectivity index (χ1) is 7.84. The van der Waals surface area contributed by atoms with Crippen LogP contribution in [0.4, 0.5) is 10.1 Å². The van der Waals surface area contributed by atoms with Crippen LogP contribution in [-0.4, -0.2) is 28.2 Å². The summed E-state index contributed by atoms with van der Waals surface area (Å²) in [5.41, 5.74) is -0.666. The SMILES string of the molecule is CC(Nc1c(C(=O)O)ccc(Br)c1F)C(=O)O. The topological polar surface area (TPSA) is 86.6 Å². The fraction of sp³-hybridized carbons (Fsp3) is 0.200. The van der Waals surface area contributed by atoms with E-state index in [1.165, 1.54) is 19.1 Å². The van der Waals surface area contributed by atoms with Crippen LogP contribution in [0.2, 0.25) is 0 Å². The second-order valence-electron chi connectivity index (χ2n) is 3.29. The van der Waals surface area contributed by atoms with Gasteiger partial charge in [-0.3, -0.25) is 4.79 Å². The van der Waals surface area contributed by atoms with Gasteiger partial charge in [0, 0.05) is 0 Å². The van der Waals surface area contributed by atoms with Gasteiger partial charge in [0.1, 0.15) is 6.04 Å². The quantitative estimate of drug-likeness (QED) is 0.793. The molecule has 0 heterocycles. The summed E-state index contributed by atoms with van der Waals surface area (Å²) >= 11 is 2.90. The first-order valence-corrected chi connectivity index (χ1v) is 5.34. The first-order valence-electron chi connectivity index (χ1n) is 4.55. The average Bonchev–Trinajstić information content (AvgIpc) is 2.24. The van der Waals surface area contributed by atoms with Crippen molar-refractivity contribution in [3.05, 3.63) is 28.0 Å². The predicted molar refractivity (Wildman–Crippen MR) is 61.8 cm³/mol. The number of carboxylic acids is 2. The molecular formula is C10H9BrFNO4. The van der Waals surface area contributed by atoms with Crippen LogP contribution >= 0.6 is 15.9 Å². The number of halogens is 2. The highest BCUT2D eigenvalue weighted by molar-refractivity contribution is 9.10. The molecule has 17 heavy (non-hydrogen) atoms. The average molecular weight is 306 g/mol. The molecule has 0 saturated heterocycles. The minimum Gasteiger partial charge on any atom is -0.480 e. The highest BCUT2D eigenvalue weighted by Crippen LogP contribution is 2.27. The van der Waals surface area contributed by atoms with E-state index in [0.717, 1.165) is 0 Å². The number of hydrogen-bond donors (Lipinski definition) is 3. The lowest BCUT2D eigenvalue weighted by Crippen LogP contribution is -2.27. The predicted octanol–water partition coefficient (Wildman–Crippen LogP) is 2.17. The van der Waals surface area contributed by atoms with Crippen molar-refractivity contribution >= 4 is 33.6 Å². The molecule has 0 spiro atoms. The normalized spacial score (nSPS) is 11.9. The van der Waals surface area contributed by atoms with Crippen LogP contribution in [-0.2, 0) is 4.79 Å². The van der Waals surface area contributed by atoms with Gasteiger partial charge in [0.2, 0.25) is 0 Å². The molecular weight excluding hydrogens is 297 g/mol. The molecule has 1 unspecified atom stereocenters. The minimum atomic E-state index is -1.34. The molecule has 0 amide bonds. The van der Waals surface area contributed by atoms with E-state index in [4.69, 9.17) is 10.2 Å². The zero-order valence-electron chi connectivity index (χ0n) is 8.70.